The highest BCUT2D eigenvalue weighted by Crippen LogP contribution is 2.38. The average molecular weight is 396 g/mol. The monoisotopic (exact) mass is 395 g/mol. The molecular weight excluding hydrogens is 378 g/mol. The normalized spacial score (nSPS) is 10.4. The molecule has 2 aromatic heterocycles. The van der Waals surface area contributed by atoms with Crippen LogP contribution < -0.4 is 14.2 Å². The van der Waals surface area contributed by atoms with Crippen molar-refractivity contribution in [3.8, 4) is 40.5 Å². The van der Waals surface area contributed by atoms with Gasteiger partial charge in [0, 0.05) is 23.4 Å². The molecule has 2 heterocycles. The Morgan fingerprint density at radius 2 is 1.89 bits per heavy atom. The van der Waals surface area contributed by atoms with Gasteiger partial charge in [0.2, 0.25) is 11.8 Å². The highest BCUT2D eigenvalue weighted by Gasteiger charge is 2.15. The van der Waals surface area contributed by atoms with Crippen molar-refractivity contribution in [1.29, 1.82) is 5.26 Å². The smallest absolute Gasteiger partial charge is 0.233 e. The molecule has 0 amide bonds. The molecule has 0 aliphatic rings. The Morgan fingerprint density at radius 3 is 2.57 bits per heavy atom. The van der Waals surface area contributed by atoms with Crippen molar-refractivity contribution in [1.82, 2.24) is 9.97 Å². The number of benzene rings is 1. The van der Waals surface area contributed by atoms with Crippen molar-refractivity contribution in [2.75, 3.05) is 7.11 Å². The van der Waals surface area contributed by atoms with Crippen molar-refractivity contribution in [2.24, 2.45) is 0 Å². The number of aromatic nitrogens is 2. The Labute approximate surface area is 168 Å². The number of nitriles is 1. The summed E-state index contributed by atoms with van der Waals surface area (Å²) in [4.78, 5) is 8.44. The summed E-state index contributed by atoms with van der Waals surface area (Å²) in [6.45, 7) is 3.79. The third kappa shape index (κ3) is 4.33. The standard InChI is InChI=1S/C21H18ClN3O3/c1-13(2)27-21-18(22)10-15(12-25-21)28-19-7-6-14(11-23)9-17(19)16-5-4-8-24-20(16)26-3/h4-10,12-13H,1-3H3. The molecule has 0 bridgehead atoms. The van der Waals surface area contributed by atoms with Gasteiger partial charge in [-0.15, -0.1) is 0 Å². The van der Waals surface area contributed by atoms with Gasteiger partial charge in [-0.1, -0.05) is 11.6 Å². The van der Waals surface area contributed by atoms with Gasteiger partial charge in [0.25, 0.3) is 0 Å². The fraction of sp³-hybridized carbons (Fsp3) is 0.190. The minimum atomic E-state index is -0.0417. The van der Waals surface area contributed by atoms with Crippen LogP contribution in [0.2, 0.25) is 5.02 Å². The zero-order valence-electron chi connectivity index (χ0n) is 15.6. The molecule has 0 aliphatic carbocycles. The van der Waals surface area contributed by atoms with E-state index in [4.69, 9.17) is 25.8 Å². The molecule has 0 saturated carbocycles. The molecule has 0 saturated heterocycles. The Kier molecular flexibility index (Phi) is 5.97. The van der Waals surface area contributed by atoms with E-state index in [0.717, 1.165) is 0 Å². The molecule has 28 heavy (non-hydrogen) atoms. The van der Waals surface area contributed by atoms with Gasteiger partial charge < -0.3 is 14.2 Å². The minimum absolute atomic E-state index is 0.0417. The first-order valence-corrected chi connectivity index (χ1v) is 8.93. The molecule has 0 aliphatic heterocycles. The maximum absolute atomic E-state index is 9.28. The molecule has 7 heteroatoms. The SMILES string of the molecule is COc1ncccc1-c1cc(C#N)ccc1Oc1cnc(OC(C)C)c(Cl)c1. The highest BCUT2D eigenvalue weighted by atomic mass is 35.5. The van der Waals surface area contributed by atoms with Crippen molar-refractivity contribution < 1.29 is 14.2 Å². The minimum Gasteiger partial charge on any atom is -0.481 e. The molecule has 0 fully saturated rings. The molecule has 0 unspecified atom stereocenters. The van der Waals surface area contributed by atoms with Gasteiger partial charge in [0.05, 0.1) is 31.0 Å². The van der Waals surface area contributed by atoms with Crippen LogP contribution in [-0.4, -0.2) is 23.2 Å². The lowest BCUT2D eigenvalue weighted by molar-refractivity contribution is 0.232. The summed E-state index contributed by atoms with van der Waals surface area (Å²) in [6, 6.07) is 12.5. The van der Waals surface area contributed by atoms with Crippen LogP contribution in [0.3, 0.4) is 0 Å². The van der Waals surface area contributed by atoms with E-state index < -0.39 is 0 Å². The second-order valence-corrected chi connectivity index (χ2v) is 6.52. The second kappa shape index (κ2) is 8.59. The molecule has 142 valence electrons. The summed E-state index contributed by atoms with van der Waals surface area (Å²) in [5, 5.41) is 9.62. The topological polar surface area (TPSA) is 77.3 Å². The van der Waals surface area contributed by atoms with Gasteiger partial charge in [0.1, 0.15) is 16.5 Å². The van der Waals surface area contributed by atoms with Crippen LogP contribution in [0.1, 0.15) is 19.4 Å². The van der Waals surface area contributed by atoms with Crippen LogP contribution in [0.4, 0.5) is 0 Å². The van der Waals surface area contributed by atoms with Gasteiger partial charge in [-0.2, -0.15) is 5.26 Å². The quantitative estimate of drug-likeness (QED) is 0.566. The maximum Gasteiger partial charge on any atom is 0.233 e. The molecule has 1 aromatic carbocycles. The zero-order valence-corrected chi connectivity index (χ0v) is 16.4. The second-order valence-electron chi connectivity index (χ2n) is 6.11. The summed E-state index contributed by atoms with van der Waals surface area (Å²) in [6.07, 6.45) is 3.13. The third-order valence-corrected chi connectivity index (χ3v) is 3.99. The van der Waals surface area contributed by atoms with Crippen LogP contribution in [-0.2, 0) is 0 Å². The number of pyridine rings is 2. The van der Waals surface area contributed by atoms with E-state index in [9.17, 15) is 5.26 Å². The van der Waals surface area contributed by atoms with Crippen LogP contribution in [0.5, 0.6) is 23.3 Å². The van der Waals surface area contributed by atoms with Crippen LogP contribution in [0.25, 0.3) is 11.1 Å². The summed E-state index contributed by atoms with van der Waals surface area (Å²) < 4.78 is 16.9. The molecule has 0 atom stereocenters. The van der Waals surface area contributed by atoms with E-state index in [1.165, 1.54) is 13.3 Å². The molecular formula is C21H18ClN3O3. The number of hydrogen-bond acceptors (Lipinski definition) is 6. The van der Waals surface area contributed by atoms with Crippen LogP contribution >= 0.6 is 11.6 Å². The largest absolute Gasteiger partial charge is 0.481 e. The third-order valence-electron chi connectivity index (χ3n) is 3.72. The van der Waals surface area contributed by atoms with Gasteiger partial charge in [-0.05, 0) is 44.2 Å². The fourth-order valence-electron chi connectivity index (χ4n) is 2.56. The number of ether oxygens (including phenoxy) is 3. The molecule has 3 aromatic rings. The molecule has 0 radical (unpaired) electrons. The zero-order chi connectivity index (χ0) is 20.1. The van der Waals surface area contributed by atoms with Crippen LogP contribution in [0.15, 0.2) is 48.8 Å². The fourth-order valence-corrected chi connectivity index (χ4v) is 2.76. The summed E-state index contributed by atoms with van der Waals surface area (Å²) in [5.74, 6) is 1.73. The Balaban J connectivity index is 2.01. The molecule has 3 rings (SSSR count). The lowest BCUT2D eigenvalue weighted by Crippen LogP contribution is -2.07. The summed E-state index contributed by atoms with van der Waals surface area (Å²) in [5.41, 5.74) is 1.86. The predicted octanol–water partition coefficient (Wildman–Crippen LogP) is 5.26. The predicted molar refractivity (Wildman–Crippen MR) is 106 cm³/mol. The van der Waals surface area contributed by atoms with E-state index in [-0.39, 0.29) is 6.10 Å². The molecule has 6 nitrogen and oxygen atoms in total. The van der Waals surface area contributed by atoms with Gasteiger partial charge in [0.15, 0.2) is 0 Å². The van der Waals surface area contributed by atoms with Crippen molar-refractivity contribution in [3.63, 3.8) is 0 Å². The van der Waals surface area contributed by atoms with Crippen molar-refractivity contribution in [2.45, 2.75) is 20.0 Å². The molecule has 0 N–H and O–H groups in total. The van der Waals surface area contributed by atoms with Gasteiger partial charge in [-0.25, -0.2) is 9.97 Å². The average Bonchev–Trinajstić information content (AvgIpc) is 2.70. The lowest BCUT2D eigenvalue weighted by Gasteiger charge is -2.15. The lowest BCUT2D eigenvalue weighted by atomic mass is 10.0. The Hall–Kier alpha value is -3.30. The van der Waals surface area contributed by atoms with Crippen molar-refractivity contribution in [3.05, 3.63) is 59.4 Å². The molecule has 0 spiro atoms. The van der Waals surface area contributed by atoms with Crippen LogP contribution in [0, 0.1) is 11.3 Å². The van der Waals surface area contributed by atoms with Gasteiger partial charge in [-0.3, -0.25) is 0 Å². The van der Waals surface area contributed by atoms with E-state index in [0.29, 0.717) is 45.0 Å². The first kappa shape index (κ1) is 19.5. The van der Waals surface area contributed by atoms with E-state index in [1.54, 1.807) is 36.5 Å². The maximum atomic E-state index is 9.28. The van der Waals surface area contributed by atoms with E-state index in [2.05, 4.69) is 16.0 Å². The highest BCUT2D eigenvalue weighted by molar-refractivity contribution is 6.31. The number of nitrogens with zero attached hydrogens (tertiary/aromatic N) is 3. The number of halogens is 1. The van der Waals surface area contributed by atoms with Gasteiger partial charge >= 0.3 is 0 Å². The first-order chi connectivity index (χ1) is 13.5. The summed E-state index contributed by atoms with van der Waals surface area (Å²) in [7, 11) is 1.54. The number of methoxy groups -OCH3 is 1. The van der Waals surface area contributed by atoms with E-state index in [1.807, 2.05) is 19.9 Å². The first-order valence-electron chi connectivity index (χ1n) is 8.55. The number of rotatable bonds is 6. The van der Waals surface area contributed by atoms with E-state index >= 15 is 0 Å². The Morgan fingerprint density at radius 1 is 1.07 bits per heavy atom. The number of hydrogen-bond donors (Lipinski definition) is 0. The summed E-state index contributed by atoms with van der Waals surface area (Å²) >= 11 is 6.25. The Bertz CT molecular complexity index is 1030. The van der Waals surface area contributed by atoms with Crippen molar-refractivity contribution >= 4 is 11.6 Å².